The molecule has 2 aliphatic carbocycles. The van der Waals surface area contributed by atoms with E-state index in [1.165, 1.54) is 42.6 Å². The van der Waals surface area contributed by atoms with Crippen LogP contribution in [0.2, 0.25) is 0 Å². The minimum absolute atomic E-state index is 0.100. The van der Waals surface area contributed by atoms with Crippen molar-refractivity contribution in [1.29, 1.82) is 0 Å². The molecule has 1 heterocycles. The Balaban J connectivity index is 1.49. The maximum Gasteiger partial charge on any atom is 0.223 e. The molecule has 1 aromatic rings. The van der Waals surface area contributed by atoms with Crippen molar-refractivity contribution in [2.24, 2.45) is 5.92 Å². The fourth-order valence-corrected chi connectivity index (χ4v) is 3.62. The number of aromatic amines is 1. The van der Waals surface area contributed by atoms with Gasteiger partial charge >= 0.3 is 0 Å². The molecule has 4 heteroatoms. The van der Waals surface area contributed by atoms with Crippen molar-refractivity contribution in [2.45, 2.75) is 71.1 Å². The van der Waals surface area contributed by atoms with Gasteiger partial charge in [0.25, 0.3) is 0 Å². The molecule has 1 amide bonds. The lowest BCUT2D eigenvalue weighted by Gasteiger charge is -2.21. The fourth-order valence-electron chi connectivity index (χ4n) is 3.62. The largest absolute Gasteiger partial charge is 0.356 e. The van der Waals surface area contributed by atoms with Crippen molar-refractivity contribution in [2.75, 3.05) is 6.54 Å². The number of carbonyl (C=O) groups excluding carboxylic acids is 1. The number of aryl methyl sites for hydroxylation is 1. The van der Waals surface area contributed by atoms with Gasteiger partial charge in [0.2, 0.25) is 5.91 Å². The summed E-state index contributed by atoms with van der Waals surface area (Å²) in [6.07, 6.45) is 11.1. The Hall–Kier alpha value is -1.58. The molecule has 3 rings (SSSR count). The number of carbonyl (C=O) groups is 1. The summed E-state index contributed by atoms with van der Waals surface area (Å²) in [7, 11) is 0. The first-order valence-electron chi connectivity index (χ1n) is 9.16. The number of imidazole rings is 1. The van der Waals surface area contributed by atoms with Gasteiger partial charge in [-0.1, -0.05) is 25.5 Å². The fraction of sp³-hybridized carbons (Fsp3) is 0.684. The Labute approximate surface area is 139 Å². The van der Waals surface area contributed by atoms with Gasteiger partial charge in [-0.05, 0) is 44.9 Å². The first-order valence-corrected chi connectivity index (χ1v) is 9.16. The quantitative estimate of drug-likeness (QED) is 0.815. The molecule has 0 saturated carbocycles. The Morgan fingerprint density at radius 2 is 2.26 bits per heavy atom. The summed E-state index contributed by atoms with van der Waals surface area (Å²) >= 11 is 0. The molecule has 126 valence electrons. The van der Waals surface area contributed by atoms with Crippen LogP contribution in [0.25, 0.3) is 0 Å². The lowest BCUT2D eigenvalue weighted by Crippen LogP contribution is -2.34. The van der Waals surface area contributed by atoms with Crippen molar-refractivity contribution < 1.29 is 4.79 Å². The van der Waals surface area contributed by atoms with Gasteiger partial charge < -0.3 is 10.3 Å². The standard InChI is InChI=1S/C19H29N3O/c1-13(2)18-21-16-9-8-15(12-17(16)22-18)19(23)20-11-10-14-6-4-3-5-7-14/h6,13,15H,3-5,7-12H2,1-2H3,(H,20,23)(H,21,22)/t15-/m1/s1. The van der Waals surface area contributed by atoms with E-state index in [-0.39, 0.29) is 11.8 Å². The van der Waals surface area contributed by atoms with Crippen molar-refractivity contribution in [1.82, 2.24) is 15.3 Å². The second-order valence-corrected chi connectivity index (χ2v) is 7.29. The number of aromatic nitrogens is 2. The van der Waals surface area contributed by atoms with Gasteiger partial charge in [0.1, 0.15) is 5.82 Å². The highest BCUT2D eigenvalue weighted by Gasteiger charge is 2.27. The monoisotopic (exact) mass is 315 g/mol. The van der Waals surface area contributed by atoms with Gasteiger partial charge in [-0.3, -0.25) is 4.79 Å². The van der Waals surface area contributed by atoms with Gasteiger partial charge in [-0.2, -0.15) is 0 Å². The number of hydrogen-bond acceptors (Lipinski definition) is 2. The summed E-state index contributed by atoms with van der Waals surface area (Å²) < 4.78 is 0. The minimum Gasteiger partial charge on any atom is -0.356 e. The predicted octanol–water partition coefficient (Wildman–Crippen LogP) is 3.64. The summed E-state index contributed by atoms with van der Waals surface area (Å²) in [6.45, 7) is 5.08. The van der Waals surface area contributed by atoms with Gasteiger partial charge in [0, 0.05) is 30.5 Å². The summed E-state index contributed by atoms with van der Waals surface area (Å²) in [4.78, 5) is 20.5. The number of amides is 1. The van der Waals surface area contributed by atoms with Crippen LogP contribution in [0.3, 0.4) is 0 Å². The van der Waals surface area contributed by atoms with Gasteiger partial charge in [-0.25, -0.2) is 4.98 Å². The third-order valence-electron chi connectivity index (χ3n) is 5.11. The Morgan fingerprint density at radius 1 is 1.39 bits per heavy atom. The molecule has 1 aromatic heterocycles. The minimum atomic E-state index is 0.100. The van der Waals surface area contributed by atoms with Crippen molar-refractivity contribution in [3.8, 4) is 0 Å². The van der Waals surface area contributed by atoms with Crippen LogP contribution in [-0.2, 0) is 17.6 Å². The van der Waals surface area contributed by atoms with Gasteiger partial charge in [0.05, 0.1) is 5.69 Å². The van der Waals surface area contributed by atoms with Crippen LogP contribution < -0.4 is 5.32 Å². The topological polar surface area (TPSA) is 57.8 Å². The summed E-state index contributed by atoms with van der Waals surface area (Å²) in [5.41, 5.74) is 3.87. The van der Waals surface area contributed by atoms with E-state index in [0.29, 0.717) is 5.92 Å². The zero-order valence-electron chi connectivity index (χ0n) is 14.5. The molecule has 0 saturated heterocycles. The zero-order valence-corrected chi connectivity index (χ0v) is 14.5. The Morgan fingerprint density at radius 3 is 3.00 bits per heavy atom. The third kappa shape index (κ3) is 4.04. The van der Waals surface area contributed by atoms with Crippen molar-refractivity contribution in [3.63, 3.8) is 0 Å². The Kier molecular flexibility index (Phi) is 5.19. The maximum absolute atomic E-state index is 12.4. The molecule has 0 radical (unpaired) electrons. The van der Waals surface area contributed by atoms with E-state index in [1.807, 2.05) is 0 Å². The second kappa shape index (κ2) is 7.33. The van der Waals surface area contributed by atoms with Crippen LogP contribution in [0.15, 0.2) is 11.6 Å². The number of hydrogen-bond donors (Lipinski definition) is 2. The molecular weight excluding hydrogens is 286 g/mol. The van der Waals surface area contributed by atoms with E-state index in [0.717, 1.165) is 38.1 Å². The third-order valence-corrected chi connectivity index (χ3v) is 5.11. The summed E-state index contributed by atoms with van der Waals surface area (Å²) in [5, 5.41) is 3.15. The van der Waals surface area contributed by atoms with E-state index in [9.17, 15) is 4.79 Å². The second-order valence-electron chi connectivity index (χ2n) is 7.29. The molecule has 0 aliphatic heterocycles. The SMILES string of the molecule is CC(C)c1nc2c([nH]1)C[C@H](C(=O)NCCC1=CCCCC1)CC2. The van der Waals surface area contributed by atoms with E-state index < -0.39 is 0 Å². The molecule has 1 atom stereocenters. The van der Waals surface area contributed by atoms with Crippen LogP contribution in [0.1, 0.15) is 75.5 Å². The molecule has 0 bridgehead atoms. The maximum atomic E-state index is 12.4. The highest BCUT2D eigenvalue weighted by atomic mass is 16.1. The molecule has 4 nitrogen and oxygen atoms in total. The molecule has 0 unspecified atom stereocenters. The number of allylic oxidation sites excluding steroid dienone is 1. The van der Waals surface area contributed by atoms with Crippen molar-refractivity contribution in [3.05, 3.63) is 28.9 Å². The van der Waals surface area contributed by atoms with E-state index in [1.54, 1.807) is 0 Å². The van der Waals surface area contributed by atoms with Gasteiger partial charge in [0.15, 0.2) is 0 Å². The molecule has 0 fully saturated rings. The molecule has 2 N–H and O–H groups in total. The summed E-state index contributed by atoms with van der Waals surface area (Å²) in [6, 6.07) is 0. The Bertz CT molecular complexity index is 585. The van der Waals surface area contributed by atoms with Crippen LogP contribution in [-0.4, -0.2) is 22.4 Å². The first kappa shape index (κ1) is 16.3. The normalized spacial score (nSPS) is 21.0. The lowest BCUT2D eigenvalue weighted by molar-refractivity contribution is -0.125. The van der Waals surface area contributed by atoms with Crippen LogP contribution >= 0.6 is 0 Å². The summed E-state index contributed by atoms with van der Waals surface area (Å²) in [5.74, 6) is 1.79. The first-order chi connectivity index (χ1) is 11.1. The zero-order chi connectivity index (χ0) is 16.2. The number of fused-ring (bicyclic) bond motifs is 1. The molecule has 0 spiro atoms. The molecule has 23 heavy (non-hydrogen) atoms. The van der Waals surface area contributed by atoms with Crippen LogP contribution in [0.5, 0.6) is 0 Å². The number of H-pyrrole nitrogens is 1. The van der Waals surface area contributed by atoms with E-state index in [2.05, 4.69) is 35.2 Å². The smallest absolute Gasteiger partial charge is 0.223 e. The number of nitrogens with one attached hydrogen (secondary N) is 2. The van der Waals surface area contributed by atoms with Crippen LogP contribution in [0.4, 0.5) is 0 Å². The average molecular weight is 315 g/mol. The van der Waals surface area contributed by atoms with Crippen molar-refractivity contribution >= 4 is 5.91 Å². The highest BCUT2D eigenvalue weighted by molar-refractivity contribution is 5.79. The predicted molar refractivity (Wildman–Crippen MR) is 92.4 cm³/mol. The number of rotatable bonds is 5. The number of nitrogens with zero attached hydrogens (tertiary/aromatic N) is 1. The highest BCUT2D eigenvalue weighted by Crippen LogP contribution is 2.26. The lowest BCUT2D eigenvalue weighted by atomic mass is 9.89. The molecular formula is C19H29N3O. The molecule has 0 aromatic carbocycles. The average Bonchev–Trinajstić information content (AvgIpc) is 2.99. The van der Waals surface area contributed by atoms with E-state index >= 15 is 0 Å². The van der Waals surface area contributed by atoms with Gasteiger partial charge in [-0.15, -0.1) is 0 Å². The van der Waals surface area contributed by atoms with E-state index in [4.69, 9.17) is 0 Å². The molecule has 2 aliphatic rings. The van der Waals surface area contributed by atoms with Crippen LogP contribution in [0, 0.1) is 5.92 Å².